The number of esters is 1. The van der Waals surface area contributed by atoms with E-state index in [1.807, 2.05) is 0 Å². The molecular weight excluding hydrogens is 248 g/mol. The summed E-state index contributed by atoms with van der Waals surface area (Å²) in [4.78, 5) is 11.5. The molecule has 0 aliphatic rings. The second-order valence-electron chi connectivity index (χ2n) is 5.71. The molecule has 0 heterocycles. The molecule has 0 aliphatic carbocycles. The topological polar surface area (TPSA) is 44.8 Å². The van der Waals surface area contributed by atoms with Gasteiger partial charge >= 0.3 is 5.97 Å². The molecule has 0 radical (unpaired) electrons. The van der Waals surface area contributed by atoms with Crippen LogP contribution in [0.1, 0.15) is 20.8 Å². The molecule has 4 nitrogen and oxygen atoms in total. The van der Waals surface area contributed by atoms with Crippen molar-refractivity contribution in [1.82, 2.24) is 0 Å². The number of hydrogen-bond donors (Lipinski definition) is 0. The highest BCUT2D eigenvalue weighted by molar-refractivity contribution is 6.74. The summed E-state index contributed by atoms with van der Waals surface area (Å²) < 4.78 is 16.0. The van der Waals surface area contributed by atoms with E-state index in [9.17, 15) is 4.79 Å². The standard InChI is InChI=1S/C13H26O4Si/c1-8-9-16-11(12(14)15-5)10-17-18(6,7)13(2,3)4/h8,11H,1,9-10H2,2-7H3. The van der Waals surface area contributed by atoms with Crippen LogP contribution in [0.2, 0.25) is 18.1 Å². The van der Waals surface area contributed by atoms with Crippen molar-refractivity contribution in [2.24, 2.45) is 0 Å². The zero-order valence-corrected chi connectivity index (χ0v) is 13.4. The quantitative estimate of drug-likeness (QED) is 0.407. The predicted octanol–water partition coefficient (Wildman–Crippen LogP) is 2.75. The Hall–Kier alpha value is -0.653. The third-order valence-electron chi connectivity index (χ3n) is 3.28. The van der Waals surface area contributed by atoms with Gasteiger partial charge in [-0.25, -0.2) is 4.79 Å². The van der Waals surface area contributed by atoms with Crippen molar-refractivity contribution in [3.8, 4) is 0 Å². The van der Waals surface area contributed by atoms with Gasteiger partial charge in [-0.2, -0.15) is 0 Å². The van der Waals surface area contributed by atoms with Crippen molar-refractivity contribution in [3.05, 3.63) is 12.7 Å². The van der Waals surface area contributed by atoms with E-state index in [0.29, 0.717) is 6.61 Å². The molecule has 0 N–H and O–H groups in total. The van der Waals surface area contributed by atoms with Crippen LogP contribution in [0.5, 0.6) is 0 Å². The van der Waals surface area contributed by atoms with Gasteiger partial charge in [0, 0.05) is 0 Å². The van der Waals surface area contributed by atoms with Crippen molar-refractivity contribution >= 4 is 14.3 Å². The highest BCUT2D eigenvalue weighted by atomic mass is 28.4. The number of methoxy groups -OCH3 is 1. The molecule has 0 aromatic rings. The van der Waals surface area contributed by atoms with E-state index in [1.165, 1.54) is 7.11 Å². The molecule has 0 bridgehead atoms. The number of carbonyl (C=O) groups is 1. The molecule has 0 fully saturated rings. The smallest absolute Gasteiger partial charge is 0.337 e. The van der Waals surface area contributed by atoms with Gasteiger partial charge in [-0.1, -0.05) is 26.8 Å². The maximum absolute atomic E-state index is 11.5. The lowest BCUT2D eigenvalue weighted by atomic mass is 10.2. The molecule has 0 aliphatic heterocycles. The fourth-order valence-electron chi connectivity index (χ4n) is 1.00. The molecule has 1 unspecified atom stereocenters. The lowest BCUT2D eigenvalue weighted by Gasteiger charge is -2.36. The normalized spacial score (nSPS) is 14.1. The average Bonchev–Trinajstić information content (AvgIpc) is 2.26. The Morgan fingerprint density at radius 2 is 1.94 bits per heavy atom. The molecule has 5 heteroatoms. The lowest BCUT2D eigenvalue weighted by Crippen LogP contribution is -2.44. The van der Waals surface area contributed by atoms with Crippen molar-refractivity contribution in [2.75, 3.05) is 20.3 Å². The largest absolute Gasteiger partial charge is 0.467 e. The first-order valence-electron chi connectivity index (χ1n) is 6.10. The zero-order valence-electron chi connectivity index (χ0n) is 12.4. The minimum absolute atomic E-state index is 0.103. The maximum Gasteiger partial charge on any atom is 0.337 e. The Bertz CT molecular complexity index is 281. The van der Waals surface area contributed by atoms with Crippen LogP contribution in [-0.2, 0) is 18.7 Å². The van der Waals surface area contributed by atoms with E-state index < -0.39 is 20.4 Å². The minimum atomic E-state index is -1.88. The zero-order chi connectivity index (χ0) is 14.4. The molecule has 0 spiro atoms. The van der Waals surface area contributed by atoms with Crippen molar-refractivity contribution in [2.45, 2.75) is 45.0 Å². The summed E-state index contributed by atoms with van der Waals surface area (Å²) in [5, 5.41) is 0.103. The van der Waals surface area contributed by atoms with Gasteiger partial charge in [0.2, 0.25) is 0 Å². The summed E-state index contributed by atoms with van der Waals surface area (Å²) in [5.74, 6) is -0.407. The van der Waals surface area contributed by atoms with Gasteiger partial charge in [-0.15, -0.1) is 6.58 Å². The van der Waals surface area contributed by atoms with Crippen molar-refractivity contribution < 1.29 is 18.7 Å². The van der Waals surface area contributed by atoms with Gasteiger partial charge in [-0.3, -0.25) is 0 Å². The molecule has 0 amide bonds. The lowest BCUT2D eigenvalue weighted by molar-refractivity contribution is -0.155. The molecule has 0 aromatic carbocycles. The van der Waals surface area contributed by atoms with Gasteiger partial charge in [0.1, 0.15) is 0 Å². The van der Waals surface area contributed by atoms with Crippen LogP contribution in [0.15, 0.2) is 12.7 Å². The van der Waals surface area contributed by atoms with E-state index in [1.54, 1.807) is 6.08 Å². The summed E-state index contributed by atoms with van der Waals surface area (Å²) in [6, 6.07) is 0. The van der Waals surface area contributed by atoms with Gasteiger partial charge < -0.3 is 13.9 Å². The summed E-state index contributed by atoms with van der Waals surface area (Å²) in [6.07, 6.45) is 0.921. The monoisotopic (exact) mass is 274 g/mol. The van der Waals surface area contributed by atoms with Crippen LogP contribution in [0.4, 0.5) is 0 Å². The van der Waals surface area contributed by atoms with E-state index >= 15 is 0 Å². The van der Waals surface area contributed by atoms with Gasteiger partial charge in [0.15, 0.2) is 14.4 Å². The SMILES string of the molecule is C=CCOC(CO[Si](C)(C)C(C)(C)C)C(=O)OC. The van der Waals surface area contributed by atoms with Gasteiger partial charge in [0.25, 0.3) is 0 Å². The Balaban J connectivity index is 4.51. The van der Waals surface area contributed by atoms with Crippen LogP contribution in [0.3, 0.4) is 0 Å². The molecule has 0 saturated heterocycles. The summed E-state index contributed by atoms with van der Waals surface area (Å²) in [6.45, 7) is 14.8. The molecule has 0 rings (SSSR count). The van der Waals surface area contributed by atoms with E-state index in [-0.39, 0.29) is 11.6 Å². The fraction of sp³-hybridized carbons (Fsp3) is 0.769. The molecular formula is C13H26O4Si. The molecule has 0 saturated carbocycles. The Morgan fingerprint density at radius 3 is 2.33 bits per heavy atom. The Kier molecular flexibility index (Phi) is 6.81. The average molecular weight is 274 g/mol. The predicted molar refractivity (Wildman–Crippen MR) is 75.1 cm³/mol. The van der Waals surface area contributed by atoms with Gasteiger partial charge in [0.05, 0.1) is 20.3 Å². The Morgan fingerprint density at radius 1 is 1.39 bits per heavy atom. The van der Waals surface area contributed by atoms with Crippen LogP contribution in [0.25, 0.3) is 0 Å². The first kappa shape index (κ1) is 17.3. The third-order valence-corrected chi connectivity index (χ3v) is 7.78. The number of hydrogen-bond acceptors (Lipinski definition) is 4. The van der Waals surface area contributed by atoms with Crippen molar-refractivity contribution in [3.63, 3.8) is 0 Å². The first-order chi connectivity index (χ1) is 8.15. The van der Waals surface area contributed by atoms with E-state index in [4.69, 9.17) is 13.9 Å². The van der Waals surface area contributed by atoms with Crippen LogP contribution >= 0.6 is 0 Å². The number of carbonyl (C=O) groups excluding carboxylic acids is 1. The van der Waals surface area contributed by atoms with Crippen LogP contribution in [0, 0.1) is 0 Å². The maximum atomic E-state index is 11.5. The first-order valence-corrected chi connectivity index (χ1v) is 9.01. The van der Waals surface area contributed by atoms with Crippen LogP contribution in [-0.4, -0.2) is 40.7 Å². The number of rotatable bonds is 7. The van der Waals surface area contributed by atoms with Crippen LogP contribution < -0.4 is 0 Å². The molecule has 0 aromatic heterocycles. The molecule has 106 valence electrons. The van der Waals surface area contributed by atoms with Gasteiger partial charge in [-0.05, 0) is 18.1 Å². The second-order valence-corrected chi connectivity index (χ2v) is 10.5. The van der Waals surface area contributed by atoms with E-state index in [0.717, 1.165) is 0 Å². The summed E-state index contributed by atoms with van der Waals surface area (Å²) in [7, 11) is -0.533. The molecule has 18 heavy (non-hydrogen) atoms. The number of ether oxygens (including phenoxy) is 2. The molecule has 1 atom stereocenters. The third kappa shape index (κ3) is 5.33. The highest BCUT2D eigenvalue weighted by Crippen LogP contribution is 2.36. The summed E-state index contributed by atoms with van der Waals surface area (Å²) >= 11 is 0. The Labute approximate surface area is 111 Å². The minimum Gasteiger partial charge on any atom is -0.467 e. The van der Waals surface area contributed by atoms with Crippen molar-refractivity contribution in [1.29, 1.82) is 0 Å². The fourth-order valence-corrected chi connectivity index (χ4v) is 2.00. The summed E-state index contributed by atoms with van der Waals surface area (Å²) in [5.41, 5.74) is 0. The second kappa shape index (κ2) is 7.06. The van der Waals surface area contributed by atoms with E-state index in [2.05, 4.69) is 40.4 Å². The highest BCUT2D eigenvalue weighted by Gasteiger charge is 2.38.